The van der Waals surface area contributed by atoms with E-state index in [1.807, 2.05) is 84.9 Å². The molecule has 1 atom stereocenters. The maximum absolute atomic E-state index is 13.1. The fourth-order valence-corrected chi connectivity index (χ4v) is 3.21. The Labute approximate surface area is 166 Å². The third kappa shape index (κ3) is 2.94. The van der Waals surface area contributed by atoms with Gasteiger partial charge in [0.2, 0.25) is 11.4 Å². The number of fused-ring (bicyclic) bond motifs is 2. The molecule has 1 aliphatic heterocycles. The monoisotopic (exact) mass is 380 g/mol. The number of hydrogen-bond acceptors (Lipinski definition) is 7. The van der Waals surface area contributed by atoms with E-state index in [1.54, 1.807) is 0 Å². The van der Waals surface area contributed by atoms with Gasteiger partial charge in [0.05, 0.1) is 16.4 Å². The van der Waals surface area contributed by atoms with Gasteiger partial charge in [-0.05, 0) is 36.4 Å². The SMILES string of the molecule is O=C1C(N=Nc2ccccc2)=C2N=c3ccccc3=NC12NNc1ccccc1. The maximum atomic E-state index is 13.1. The Morgan fingerprint density at radius 1 is 0.759 bits per heavy atom. The summed E-state index contributed by atoms with van der Waals surface area (Å²) in [6.07, 6.45) is 0. The van der Waals surface area contributed by atoms with Gasteiger partial charge in [-0.25, -0.2) is 9.98 Å². The Morgan fingerprint density at radius 3 is 2.17 bits per heavy atom. The van der Waals surface area contributed by atoms with Crippen LogP contribution in [0, 0.1) is 0 Å². The second-order valence-corrected chi connectivity index (χ2v) is 6.60. The normalized spacial score (nSPS) is 19.7. The molecule has 7 heteroatoms. The summed E-state index contributed by atoms with van der Waals surface area (Å²) in [5.41, 5.74) is 6.91. The Kier molecular flexibility index (Phi) is 4.07. The van der Waals surface area contributed by atoms with Gasteiger partial charge >= 0.3 is 0 Å². The lowest BCUT2D eigenvalue weighted by Crippen LogP contribution is -2.64. The first-order valence-electron chi connectivity index (χ1n) is 9.14. The smallest absolute Gasteiger partial charge is 0.237 e. The molecule has 2 N–H and O–H groups in total. The van der Waals surface area contributed by atoms with E-state index in [1.165, 1.54) is 0 Å². The van der Waals surface area contributed by atoms with E-state index in [4.69, 9.17) is 0 Å². The van der Waals surface area contributed by atoms with Crippen molar-refractivity contribution in [3.63, 3.8) is 0 Å². The van der Waals surface area contributed by atoms with E-state index < -0.39 is 5.66 Å². The summed E-state index contributed by atoms with van der Waals surface area (Å²) < 4.78 is 0. The van der Waals surface area contributed by atoms with Crippen molar-refractivity contribution < 1.29 is 4.79 Å². The zero-order valence-corrected chi connectivity index (χ0v) is 15.3. The number of carbonyl (C=O) groups excluding carboxylic acids is 1. The molecule has 140 valence electrons. The zero-order chi connectivity index (χ0) is 19.7. The number of hydrazine groups is 1. The Hall–Kier alpha value is -3.97. The van der Waals surface area contributed by atoms with Crippen LogP contribution in [-0.2, 0) is 4.79 Å². The zero-order valence-electron chi connectivity index (χ0n) is 15.3. The van der Waals surface area contributed by atoms with E-state index in [0.717, 1.165) is 5.69 Å². The molecular formula is C22H16N6O. The lowest BCUT2D eigenvalue weighted by Gasteiger charge is -2.38. The van der Waals surface area contributed by atoms with Gasteiger partial charge in [-0.3, -0.25) is 4.79 Å². The molecule has 2 aliphatic rings. The molecule has 0 saturated heterocycles. The van der Waals surface area contributed by atoms with Crippen LogP contribution < -0.4 is 21.6 Å². The van der Waals surface area contributed by atoms with Gasteiger partial charge in [0.25, 0.3) is 0 Å². The number of anilines is 1. The molecule has 0 amide bonds. The first-order valence-corrected chi connectivity index (χ1v) is 9.14. The molecule has 7 nitrogen and oxygen atoms in total. The average Bonchev–Trinajstić information content (AvgIpc) is 2.78. The summed E-state index contributed by atoms with van der Waals surface area (Å²) in [4.78, 5) is 22.4. The molecular weight excluding hydrogens is 364 g/mol. The Bertz CT molecular complexity index is 1270. The molecule has 0 radical (unpaired) electrons. The molecule has 29 heavy (non-hydrogen) atoms. The highest BCUT2D eigenvalue weighted by molar-refractivity contribution is 6.13. The topological polar surface area (TPSA) is 90.6 Å². The summed E-state index contributed by atoms with van der Waals surface area (Å²) >= 11 is 0. The lowest BCUT2D eigenvalue weighted by molar-refractivity contribution is -0.123. The van der Waals surface area contributed by atoms with Crippen molar-refractivity contribution in [2.75, 3.05) is 5.43 Å². The van der Waals surface area contributed by atoms with Gasteiger partial charge in [-0.15, -0.1) is 5.11 Å². The van der Waals surface area contributed by atoms with Gasteiger partial charge in [0.1, 0.15) is 5.70 Å². The van der Waals surface area contributed by atoms with E-state index in [9.17, 15) is 4.79 Å². The average molecular weight is 380 g/mol. The van der Waals surface area contributed by atoms with E-state index in [2.05, 4.69) is 31.1 Å². The number of nitrogens with zero attached hydrogens (tertiary/aromatic N) is 4. The van der Waals surface area contributed by atoms with Crippen LogP contribution in [0.2, 0.25) is 0 Å². The van der Waals surface area contributed by atoms with Crippen LogP contribution in [0.5, 0.6) is 0 Å². The minimum absolute atomic E-state index is 0.203. The largest absolute Gasteiger partial charge is 0.319 e. The Morgan fingerprint density at radius 2 is 1.41 bits per heavy atom. The predicted octanol–water partition coefficient (Wildman–Crippen LogP) is 2.83. The number of Topliss-reactive ketones (excluding diaryl/α,β-unsaturated/α-hetero) is 1. The number of rotatable bonds is 5. The number of para-hydroxylation sites is 3. The van der Waals surface area contributed by atoms with Crippen molar-refractivity contribution in [3.05, 3.63) is 107 Å². The van der Waals surface area contributed by atoms with Crippen LogP contribution >= 0.6 is 0 Å². The second kappa shape index (κ2) is 6.88. The van der Waals surface area contributed by atoms with Gasteiger partial charge < -0.3 is 5.43 Å². The van der Waals surface area contributed by atoms with Crippen molar-refractivity contribution in [2.24, 2.45) is 20.2 Å². The number of nitrogens with one attached hydrogen (secondary N) is 2. The standard InChI is InChI=1S/C22H16N6O/c29-21-19(27-25-15-9-3-1-4-10-15)20-22(21,28-26-16-11-5-2-6-12-16)24-18-14-8-7-13-17(18)23-20/h1-14,26,28H. The van der Waals surface area contributed by atoms with Gasteiger partial charge in [-0.2, -0.15) is 10.5 Å². The van der Waals surface area contributed by atoms with Gasteiger partial charge in [0.15, 0.2) is 5.70 Å². The molecule has 0 spiro atoms. The highest BCUT2D eigenvalue weighted by Gasteiger charge is 2.56. The molecule has 3 aromatic rings. The van der Waals surface area contributed by atoms with Crippen LogP contribution in [0.4, 0.5) is 11.4 Å². The van der Waals surface area contributed by atoms with E-state index >= 15 is 0 Å². The van der Waals surface area contributed by atoms with Crippen LogP contribution in [0.3, 0.4) is 0 Å². The van der Waals surface area contributed by atoms with Crippen LogP contribution in [-0.4, -0.2) is 11.4 Å². The summed E-state index contributed by atoms with van der Waals surface area (Å²) in [6, 6.07) is 26.2. The number of benzene rings is 3. The number of carbonyl (C=O) groups is 1. The first kappa shape index (κ1) is 17.2. The van der Waals surface area contributed by atoms with Crippen LogP contribution in [0.25, 0.3) is 0 Å². The van der Waals surface area contributed by atoms with E-state index in [0.29, 0.717) is 22.1 Å². The molecule has 3 aromatic carbocycles. The number of ketones is 1. The third-order valence-corrected chi connectivity index (χ3v) is 4.70. The van der Waals surface area contributed by atoms with Crippen molar-refractivity contribution in [2.45, 2.75) is 5.66 Å². The first-order chi connectivity index (χ1) is 14.3. The van der Waals surface area contributed by atoms with Crippen molar-refractivity contribution in [3.8, 4) is 0 Å². The summed E-state index contributed by atoms with van der Waals surface area (Å²) in [6.45, 7) is 0. The highest BCUT2D eigenvalue weighted by atomic mass is 16.1. The van der Waals surface area contributed by atoms with Gasteiger partial charge in [-0.1, -0.05) is 48.5 Å². The second-order valence-electron chi connectivity index (χ2n) is 6.60. The van der Waals surface area contributed by atoms with Crippen molar-refractivity contribution in [1.82, 2.24) is 5.43 Å². The molecule has 1 aliphatic carbocycles. The van der Waals surface area contributed by atoms with Gasteiger partial charge in [0, 0.05) is 5.69 Å². The number of hydrogen-bond donors (Lipinski definition) is 2. The van der Waals surface area contributed by atoms with Crippen molar-refractivity contribution >= 4 is 17.2 Å². The fraction of sp³-hybridized carbons (Fsp3) is 0.0455. The fourth-order valence-electron chi connectivity index (χ4n) is 3.21. The van der Waals surface area contributed by atoms with E-state index in [-0.39, 0.29) is 11.5 Å². The minimum Gasteiger partial charge on any atom is -0.319 e. The number of azo groups is 1. The molecule has 0 saturated carbocycles. The molecule has 5 rings (SSSR count). The highest BCUT2D eigenvalue weighted by Crippen LogP contribution is 2.39. The minimum atomic E-state index is -1.32. The summed E-state index contributed by atoms with van der Waals surface area (Å²) in [7, 11) is 0. The van der Waals surface area contributed by atoms with Crippen LogP contribution in [0.15, 0.2) is 117 Å². The van der Waals surface area contributed by atoms with Crippen LogP contribution in [0.1, 0.15) is 0 Å². The maximum Gasteiger partial charge on any atom is 0.237 e. The third-order valence-electron chi connectivity index (χ3n) is 4.70. The summed E-state index contributed by atoms with van der Waals surface area (Å²) in [5.74, 6) is -0.283. The molecule has 1 heterocycles. The molecule has 1 unspecified atom stereocenters. The summed E-state index contributed by atoms with van der Waals surface area (Å²) in [5, 5.41) is 9.68. The molecule has 0 aromatic heterocycles. The lowest BCUT2D eigenvalue weighted by atomic mass is 9.85. The molecule has 0 fully saturated rings. The Balaban J connectivity index is 1.56. The molecule has 0 bridgehead atoms. The quantitative estimate of drug-likeness (QED) is 0.527. The van der Waals surface area contributed by atoms with Crippen molar-refractivity contribution in [1.29, 1.82) is 0 Å². The predicted molar refractivity (Wildman–Crippen MR) is 108 cm³/mol.